The summed E-state index contributed by atoms with van der Waals surface area (Å²) >= 11 is 0. The van der Waals surface area contributed by atoms with Crippen LogP contribution in [0.3, 0.4) is 0 Å². The van der Waals surface area contributed by atoms with E-state index in [4.69, 9.17) is 4.74 Å². The number of hydrogen-bond acceptors (Lipinski definition) is 3. The molecule has 0 heterocycles. The smallest absolute Gasteiger partial charge is 0.306 e. The van der Waals surface area contributed by atoms with Gasteiger partial charge in [0, 0.05) is 6.42 Å². The van der Waals surface area contributed by atoms with Crippen molar-refractivity contribution in [3.8, 4) is 0 Å². The van der Waals surface area contributed by atoms with Gasteiger partial charge in [-0.15, -0.1) is 6.58 Å². The van der Waals surface area contributed by atoms with Crippen molar-refractivity contribution in [2.24, 2.45) is 5.92 Å². The Kier molecular flexibility index (Phi) is 7.51. The van der Waals surface area contributed by atoms with E-state index in [1.165, 1.54) is 6.92 Å². The molecule has 2 atom stereocenters. The van der Waals surface area contributed by atoms with Crippen LogP contribution in [0.5, 0.6) is 0 Å². The Morgan fingerprint density at radius 3 is 2.12 bits per heavy atom. The van der Waals surface area contributed by atoms with E-state index in [0.717, 1.165) is 24.8 Å². The van der Waals surface area contributed by atoms with Crippen LogP contribution in [0.4, 0.5) is 0 Å². The fraction of sp³-hybridized carbons (Fsp3) is 0.714. The molecule has 2 unspecified atom stereocenters. The summed E-state index contributed by atoms with van der Waals surface area (Å²) in [5.74, 6) is -0.394. The Balaban J connectivity index is 3.78. The third-order valence-corrected chi connectivity index (χ3v) is 2.90. The SMILES string of the molecule is C=C(C)CCCCC(=O)OC(C)C(C)C(C)=O. The van der Waals surface area contributed by atoms with E-state index in [2.05, 4.69) is 6.58 Å². The zero-order valence-electron chi connectivity index (χ0n) is 11.4. The van der Waals surface area contributed by atoms with E-state index < -0.39 is 0 Å². The molecule has 0 aromatic rings. The predicted molar refractivity (Wildman–Crippen MR) is 68.7 cm³/mol. The molecule has 0 radical (unpaired) electrons. The second-order valence-corrected chi connectivity index (χ2v) is 4.76. The van der Waals surface area contributed by atoms with Crippen molar-refractivity contribution in [3.05, 3.63) is 12.2 Å². The first-order valence-corrected chi connectivity index (χ1v) is 6.19. The molecule has 0 bridgehead atoms. The topological polar surface area (TPSA) is 43.4 Å². The standard InChI is InChI=1S/C14H24O3/c1-10(2)8-6-7-9-14(16)17-13(5)11(3)12(4)15/h11,13H,1,6-9H2,2-5H3. The molecule has 0 aliphatic rings. The van der Waals surface area contributed by atoms with Gasteiger partial charge >= 0.3 is 5.97 Å². The number of carbonyl (C=O) groups is 2. The van der Waals surface area contributed by atoms with Gasteiger partial charge in [0.2, 0.25) is 0 Å². The summed E-state index contributed by atoms with van der Waals surface area (Å²) in [6.45, 7) is 10.8. The van der Waals surface area contributed by atoms with Gasteiger partial charge in [-0.05, 0) is 40.0 Å². The molecule has 0 aliphatic heterocycles. The Morgan fingerprint density at radius 2 is 1.65 bits per heavy atom. The van der Waals surface area contributed by atoms with Gasteiger partial charge < -0.3 is 4.74 Å². The van der Waals surface area contributed by atoms with Crippen LogP contribution in [-0.4, -0.2) is 17.9 Å². The molecule has 98 valence electrons. The Bertz CT molecular complexity index is 281. The van der Waals surface area contributed by atoms with E-state index >= 15 is 0 Å². The summed E-state index contributed by atoms with van der Waals surface area (Å²) in [5.41, 5.74) is 1.14. The van der Waals surface area contributed by atoms with Gasteiger partial charge in [0.05, 0.1) is 5.92 Å². The van der Waals surface area contributed by atoms with Crippen LogP contribution in [-0.2, 0) is 14.3 Å². The van der Waals surface area contributed by atoms with E-state index in [0.29, 0.717) is 6.42 Å². The molecule has 0 saturated carbocycles. The van der Waals surface area contributed by atoms with Crippen LogP contribution in [0, 0.1) is 5.92 Å². The van der Waals surface area contributed by atoms with Gasteiger partial charge in [0.1, 0.15) is 11.9 Å². The average Bonchev–Trinajstić information content (AvgIpc) is 2.22. The fourth-order valence-electron chi connectivity index (χ4n) is 1.39. The molecule has 0 aromatic carbocycles. The van der Waals surface area contributed by atoms with Crippen LogP contribution >= 0.6 is 0 Å². The number of Topliss-reactive ketones (excluding diaryl/α,β-unsaturated/α-hetero) is 1. The lowest BCUT2D eigenvalue weighted by atomic mass is 10.0. The lowest BCUT2D eigenvalue weighted by Gasteiger charge is -2.17. The zero-order chi connectivity index (χ0) is 13.4. The number of unbranched alkanes of at least 4 members (excludes halogenated alkanes) is 1. The summed E-state index contributed by atoms with van der Waals surface area (Å²) in [5, 5.41) is 0. The van der Waals surface area contributed by atoms with E-state index in [1.807, 2.05) is 6.92 Å². The van der Waals surface area contributed by atoms with Gasteiger partial charge in [-0.3, -0.25) is 9.59 Å². The van der Waals surface area contributed by atoms with Crippen molar-refractivity contribution in [1.29, 1.82) is 0 Å². The Morgan fingerprint density at radius 1 is 1.12 bits per heavy atom. The Labute approximate surface area is 104 Å². The first-order valence-electron chi connectivity index (χ1n) is 6.19. The molecule has 0 rings (SSSR count). The van der Waals surface area contributed by atoms with Crippen LogP contribution < -0.4 is 0 Å². The molecule has 0 spiro atoms. The van der Waals surface area contributed by atoms with Crippen molar-refractivity contribution in [3.63, 3.8) is 0 Å². The highest BCUT2D eigenvalue weighted by atomic mass is 16.5. The molecule has 0 saturated heterocycles. The second kappa shape index (κ2) is 8.04. The van der Waals surface area contributed by atoms with Crippen molar-refractivity contribution < 1.29 is 14.3 Å². The summed E-state index contributed by atoms with van der Waals surface area (Å²) in [6, 6.07) is 0. The summed E-state index contributed by atoms with van der Waals surface area (Å²) < 4.78 is 5.20. The van der Waals surface area contributed by atoms with E-state index in [1.54, 1.807) is 13.8 Å². The molecule has 0 N–H and O–H groups in total. The number of allylic oxidation sites excluding steroid dienone is 1. The Hall–Kier alpha value is -1.12. The number of carbonyl (C=O) groups excluding carboxylic acids is 2. The summed E-state index contributed by atoms with van der Waals surface area (Å²) in [4.78, 5) is 22.6. The molecule has 3 heteroatoms. The second-order valence-electron chi connectivity index (χ2n) is 4.76. The zero-order valence-corrected chi connectivity index (χ0v) is 11.4. The maximum atomic E-state index is 11.5. The molecule has 0 amide bonds. The fourth-order valence-corrected chi connectivity index (χ4v) is 1.39. The van der Waals surface area contributed by atoms with Crippen LogP contribution in [0.15, 0.2) is 12.2 Å². The van der Waals surface area contributed by atoms with Crippen LogP contribution in [0.2, 0.25) is 0 Å². The quantitative estimate of drug-likeness (QED) is 0.371. The number of esters is 1. The van der Waals surface area contributed by atoms with Crippen molar-refractivity contribution in [1.82, 2.24) is 0 Å². The number of ether oxygens (including phenoxy) is 1. The summed E-state index contributed by atoms with van der Waals surface area (Å²) in [7, 11) is 0. The first kappa shape index (κ1) is 15.9. The minimum atomic E-state index is -0.332. The summed E-state index contributed by atoms with van der Waals surface area (Å²) in [6.07, 6.45) is 2.81. The van der Waals surface area contributed by atoms with Gasteiger partial charge in [-0.1, -0.05) is 12.5 Å². The first-order chi connectivity index (χ1) is 7.84. The lowest BCUT2D eigenvalue weighted by molar-refractivity contribution is -0.151. The highest BCUT2D eigenvalue weighted by Gasteiger charge is 2.19. The minimum Gasteiger partial charge on any atom is -0.462 e. The lowest BCUT2D eigenvalue weighted by Crippen LogP contribution is -2.26. The number of hydrogen-bond donors (Lipinski definition) is 0. The van der Waals surface area contributed by atoms with Crippen LogP contribution in [0.25, 0.3) is 0 Å². The molecule has 0 aliphatic carbocycles. The monoisotopic (exact) mass is 240 g/mol. The minimum absolute atomic E-state index is 0.0487. The van der Waals surface area contributed by atoms with Gasteiger partial charge in [-0.25, -0.2) is 0 Å². The molecule has 0 fully saturated rings. The average molecular weight is 240 g/mol. The third kappa shape index (κ3) is 7.72. The number of ketones is 1. The van der Waals surface area contributed by atoms with Gasteiger partial charge in [0.25, 0.3) is 0 Å². The molecule has 17 heavy (non-hydrogen) atoms. The van der Waals surface area contributed by atoms with Gasteiger partial charge in [-0.2, -0.15) is 0 Å². The molecule has 3 nitrogen and oxygen atoms in total. The van der Waals surface area contributed by atoms with Gasteiger partial charge in [0.15, 0.2) is 0 Å². The third-order valence-electron chi connectivity index (χ3n) is 2.90. The molecular formula is C14H24O3. The number of rotatable bonds is 8. The maximum absolute atomic E-state index is 11.5. The van der Waals surface area contributed by atoms with E-state index in [-0.39, 0.29) is 23.8 Å². The molecular weight excluding hydrogens is 216 g/mol. The van der Waals surface area contributed by atoms with Crippen molar-refractivity contribution in [2.75, 3.05) is 0 Å². The largest absolute Gasteiger partial charge is 0.462 e. The van der Waals surface area contributed by atoms with Crippen LogP contribution in [0.1, 0.15) is 53.4 Å². The normalized spacial score (nSPS) is 13.9. The van der Waals surface area contributed by atoms with Crippen molar-refractivity contribution >= 4 is 11.8 Å². The maximum Gasteiger partial charge on any atom is 0.306 e. The van der Waals surface area contributed by atoms with Crippen molar-refractivity contribution in [2.45, 2.75) is 59.5 Å². The van der Waals surface area contributed by atoms with E-state index in [9.17, 15) is 9.59 Å². The highest BCUT2D eigenvalue weighted by molar-refractivity contribution is 5.79. The highest BCUT2D eigenvalue weighted by Crippen LogP contribution is 2.11. The molecule has 0 aromatic heterocycles. The predicted octanol–water partition coefficient (Wildman–Crippen LogP) is 3.28.